The van der Waals surface area contributed by atoms with Crippen molar-refractivity contribution in [1.29, 1.82) is 0 Å². The van der Waals surface area contributed by atoms with Crippen LogP contribution < -0.4 is 0 Å². The highest BCUT2D eigenvalue weighted by molar-refractivity contribution is 9.10. The fourth-order valence-corrected chi connectivity index (χ4v) is 2.93. The molecule has 1 heterocycles. The first-order valence-electron chi connectivity index (χ1n) is 8.03. The Bertz CT molecular complexity index is 996. The van der Waals surface area contributed by atoms with Crippen molar-refractivity contribution in [3.63, 3.8) is 0 Å². The third-order valence-electron chi connectivity index (χ3n) is 3.87. The predicted molar refractivity (Wildman–Crippen MR) is 104 cm³/mol. The molecule has 0 fully saturated rings. The summed E-state index contributed by atoms with van der Waals surface area (Å²) >= 11 is 3.28. The topological polar surface area (TPSA) is 38.7 Å². The maximum absolute atomic E-state index is 14.5. The summed E-state index contributed by atoms with van der Waals surface area (Å²) in [7, 11) is 0. The molecule has 0 N–H and O–H groups in total. The second-order valence-electron chi connectivity index (χ2n) is 5.66. The first kappa shape index (κ1) is 16.5. The maximum Gasteiger partial charge on any atom is 0.167 e. The second-order valence-corrected chi connectivity index (χ2v) is 6.58. The van der Waals surface area contributed by atoms with Crippen molar-refractivity contribution in [2.24, 2.45) is 0 Å². The van der Waals surface area contributed by atoms with Crippen molar-refractivity contribution in [2.75, 3.05) is 0 Å². The Morgan fingerprint density at radius 1 is 0.615 bits per heavy atom. The molecular formula is C21H13BrFN3. The summed E-state index contributed by atoms with van der Waals surface area (Å²) in [6, 6.07) is 24.1. The van der Waals surface area contributed by atoms with E-state index in [2.05, 4.69) is 30.9 Å². The summed E-state index contributed by atoms with van der Waals surface area (Å²) in [6.45, 7) is 0. The molecule has 0 atom stereocenters. The lowest BCUT2D eigenvalue weighted by Gasteiger charge is -2.09. The van der Waals surface area contributed by atoms with E-state index in [0.29, 0.717) is 27.5 Å². The Hall–Kier alpha value is -2.92. The van der Waals surface area contributed by atoms with Crippen LogP contribution in [0.1, 0.15) is 0 Å². The fourth-order valence-electron chi connectivity index (χ4n) is 2.60. The monoisotopic (exact) mass is 405 g/mol. The van der Waals surface area contributed by atoms with Crippen molar-refractivity contribution >= 4 is 15.9 Å². The van der Waals surface area contributed by atoms with Crippen LogP contribution in [-0.2, 0) is 0 Å². The van der Waals surface area contributed by atoms with Gasteiger partial charge < -0.3 is 0 Å². The number of benzene rings is 3. The highest BCUT2D eigenvalue weighted by atomic mass is 79.9. The zero-order valence-electron chi connectivity index (χ0n) is 13.6. The third kappa shape index (κ3) is 3.39. The first-order chi connectivity index (χ1) is 12.7. The Morgan fingerprint density at radius 2 is 1.12 bits per heavy atom. The Kier molecular flexibility index (Phi) is 4.54. The van der Waals surface area contributed by atoms with Gasteiger partial charge in [0.15, 0.2) is 17.5 Å². The lowest BCUT2D eigenvalue weighted by molar-refractivity contribution is 0.629. The van der Waals surface area contributed by atoms with E-state index >= 15 is 0 Å². The van der Waals surface area contributed by atoms with Crippen molar-refractivity contribution in [3.8, 4) is 34.2 Å². The molecular weight excluding hydrogens is 393 g/mol. The van der Waals surface area contributed by atoms with Gasteiger partial charge >= 0.3 is 0 Å². The lowest BCUT2D eigenvalue weighted by Crippen LogP contribution is -2.01. The average Bonchev–Trinajstić information content (AvgIpc) is 2.69. The molecule has 0 aliphatic carbocycles. The van der Waals surface area contributed by atoms with E-state index in [9.17, 15) is 4.39 Å². The molecule has 5 heteroatoms. The first-order valence-corrected chi connectivity index (χ1v) is 8.82. The molecule has 0 saturated heterocycles. The standard InChI is InChI=1S/C21H13BrFN3/c22-16-11-12-17(18(23)13-16)21-25-19(14-7-3-1-4-8-14)24-20(26-21)15-9-5-2-6-10-15/h1-13H. The van der Waals surface area contributed by atoms with Crippen LogP contribution in [0.4, 0.5) is 4.39 Å². The van der Waals surface area contributed by atoms with Crippen LogP contribution in [0.5, 0.6) is 0 Å². The van der Waals surface area contributed by atoms with Crippen molar-refractivity contribution < 1.29 is 4.39 Å². The molecule has 3 nitrogen and oxygen atoms in total. The van der Waals surface area contributed by atoms with E-state index in [1.165, 1.54) is 6.07 Å². The molecule has 4 aromatic rings. The average molecular weight is 406 g/mol. The van der Waals surface area contributed by atoms with Gasteiger partial charge in [0, 0.05) is 15.6 Å². The quantitative estimate of drug-likeness (QED) is 0.433. The molecule has 4 rings (SSSR count). The van der Waals surface area contributed by atoms with E-state index in [1.54, 1.807) is 12.1 Å². The second kappa shape index (κ2) is 7.14. The molecule has 0 aliphatic heterocycles. The van der Waals surface area contributed by atoms with Crippen LogP contribution in [0.2, 0.25) is 0 Å². The number of rotatable bonds is 3. The SMILES string of the molecule is Fc1cc(Br)ccc1-c1nc(-c2ccccc2)nc(-c2ccccc2)n1. The molecule has 0 unspecified atom stereocenters. The number of nitrogens with zero attached hydrogens (tertiary/aromatic N) is 3. The summed E-state index contributed by atoms with van der Waals surface area (Å²) in [5, 5.41) is 0. The van der Waals surface area contributed by atoms with E-state index in [0.717, 1.165) is 11.1 Å². The minimum absolute atomic E-state index is 0.308. The molecule has 0 spiro atoms. The minimum Gasteiger partial charge on any atom is -0.208 e. The van der Waals surface area contributed by atoms with Crippen molar-refractivity contribution in [1.82, 2.24) is 15.0 Å². The molecule has 0 aliphatic rings. The molecule has 3 aromatic carbocycles. The lowest BCUT2D eigenvalue weighted by atomic mass is 10.1. The van der Waals surface area contributed by atoms with Crippen molar-refractivity contribution in [3.05, 3.63) is 89.2 Å². The summed E-state index contributed by atoms with van der Waals surface area (Å²) < 4.78 is 15.1. The van der Waals surface area contributed by atoms with Crippen LogP contribution in [0, 0.1) is 5.82 Å². The smallest absolute Gasteiger partial charge is 0.167 e. The predicted octanol–water partition coefficient (Wildman–Crippen LogP) is 5.77. The zero-order chi connectivity index (χ0) is 17.9. The molecule has 26 heavy (non-hydrogen) atoms. The van der Waals surface area contributed by atoms with Crippen LogP contribution >= 0.6 is 15.9 Å². The number of hydrogen-bond acceptors (Lipinski definition) is 3. The zero-order valence-corrected chi connectivity index (χ0v) is 15.2. The minimum atomic E-state index is -0.386. The normalized spacial score (nSPS) is 10.7. The number of halogens is 2. The maximum atomic E-state index is 14.5. The molecule has 126 valence electrons. The summed E-state index contributed by atoms with van der Waals surface area (Å²) in [6.07, 6.45) is 0. The molecule has 0 saturated carbocycles. The van der Waals surface area contributed by atoms with Crippen LogP contribution in [0.3, 0.4) is 0 Å². The largest absolute Gasteiger partial charge is 0.208 e. The van der Waals surface area contributed by atoms with E-state index in [-0.39, 0.29) is 5.82 Å². The fraction of sp³-hybridized carbons (Fsp3) is 0. The van der Waals surface area contributed by atoms with Gasteiger partial charge in [0.2, 0.25) is 0 Å². The highest BCUT2D eigenvalue weighted by Crippen LogP contribution is 2.27. The van der Waals surface area contributed by atoms with Gasteiger partial charge in [0.1, 0.15) is 5.82 Å². The Morgan fingerprint density at radius 3 is 1.62 bits per heavy atom. The van der Waals surface area contributed by atoms with Gasteiger partial charge in [-0.1, -0.05) is 76.6 Å². The molecule has 1 aromatic heterocycles. The summed E-state index contributed by atoms with van der Waals surface area (Å²) in [5.41, 5.74) is 2.04. The van der Waals surface area contributed by atoms with Gasteiger partial charge in [0.25, 0.3) is 0 Å². The summed E-state index contributed by atoms with van der Waals surface area (Å²) in [5.74, 6) is 0.944. The van der Waals surface area contributed by atoms with Gasteiger partial charge in [0.05, 0.1) is 5.56 Å². The van der Waals surface area contributed by atoms with Gasteiger partial charge in [-0.25, -0.2) is 19.3 Å². The third-order valence-corrected chi connectivity index (χ3v) is 4.36. The van der Waals surface area contributed by atoms with Gasteiger partial charge in [-0.05, 0) is 18.2 Å². The van der Waals surface area contributed by atoms with E-state index in [1.807, 2.05) is 60.7 Å². The number of aromatic nitrogens is 3. The van der Waals surface area contributed by atoms with Crippen molar-refractivity contribution in [2.45, 2.75) is 0 Å². The number of hydrogen-bond donors (Lipinski definition) is 0. The Balaban J connectivity index is 1.94. The van der Waals surface area contributed by atoms with Crippen LogP contribution in [0.25, 0.3) is 34.2 Å². The molecule has 0 radical (unpaired) electrons. The highest BCUT2D eigenvalue weighted by Gasteiger charge is 2.14. The van der Waals surface area contributed by atoms with Gasteiger partial charge in [-0.15, -0.1) is 0 Å². The molecule has 0 bridgehead atoms. The molecule has 0 amide bonds. The Labute approximate surface area is 158 Å². The van der Waals surface area contributed by atoms with Gasteiger partial charge in [-0.2, -0.15) is 0 Å². The summed E-state index contributed by atoms with van der Waals surface area (Å²) in [4.78, 5) is 13.6. The van der Waals surface area contributed by atoms with Crippen LogP contribution in [-0.4, -0.2) is 15.0 Å². The van der Waals surface area contributed by atoms with E-state index < -0.39 is 0 Å². The van der Waals surface area contributed by atoms with E-state index in [4.69, 9.17) is 0 Å². The van der Waals surface area contributed by atoms with Gasteiger partial charge in [-0.3, -0.25) is 0 Å². The van der Waals surface area contributed by atoms with Crippen LogP contribution in [0.15, 0.2) is 83.3 Å².